The van der Waals surface area contributed by atoms with Gasteiger partial charge in [0.1, 0.15) is 5.58 Å². The molecule has 1 aromatic carbocycles. The molecule has 0 atom stereocenters. The van der Waals surface area contributed by atoms with Crippen LogP contribution in [0.3, 0.4) is 0 Å². The quantitative estimate of drug-likeness (QED) is 0.777. The maximum Gasteiger partial charge on any atom is 0.307 e. The number of carboxylic acids is 1. The molecule has 5 nitrogen and oxygen atoms in total. The van der Waals surface area contributed by atoms with Gasteiger partial charge < -0.3 is 9.52 Å². The molecule has 0 fully saturated rings. The lowest BCUT2D eigenvalue weighted by Gasteiger charge is -2.02. The highest BCUT2D eigenvalue weighted by atomic mass is 16.4. The van der Waals surface area contributed by atoms with Gasteiger partial charge in [0.15, 0.2) is 5.82 Å². The van der Waals surface area contributed by atoms with Crippen LogP contribution in [-0.2, 0) is 11.2 Å². The Labute approximate surface area is 108 Å². The van der Waals surface area contributed by atoms with Crippen LogP contribution >= 0.6 is 0 Å². The molecule has 0 aliphatic carbocycles. The van der Waals surface area contributed by atoms with Gasteiger partial charge in [0.2, 0.25) is 0 Å². The third-order valence-electron chi connectivity index (χ3n) is 2.80. The topological polar surface area (TPSA) is 76.2 Å². The fourth-order valence-electron chi connectivity index (χ4n) is 1.95. The Morgan fingerprint density at radius 3 is 2.74 bits per heavy atom. The highest BCUT2D eigenvalue weighted by molar-refractivity contribution is 5.91. The summed E-state index contributed by atoms with van der Waals surface area (Å²) in [5.74, 6) is -0.338. The SMILES string of the molecule is O=C(O)Cc1cnc(-c2cccc3occc23)nc1. The van der Waals surface area contributed by atoms with Crippen molar-refractivity contribution in [2.24, 2.45) is 0 Å². The second-order valence-electron chi connectivity index (χ2n) is 4.12. The van der Waals surface area contributed by atoms with Crippen molar-refractivity contribution in [3.8, 4) is 11.4 Å². The van der Waals surface area contributed by atoms with Gasteiger partial charge in [-0.05, 0) is 17.7 Å². The van der Waals surface area contributed by atoms with E-state index in [1.54, 1.807) is 6.26 Å². The normalized spacial score (nSPS) is 10.7. The maximum absolute atomic E-state index is 10.6. The molecule has 5 heteroatoms. The average molecular weight is 254 g/mol. The van der Waals surface area contributed by atoms with Crippen molar-refractivity contribution in [3.05, 3.63) is 48.5 Å². The smallest absolute Gasteiger partial charge is 0.307 e. The Kier molecular flexibility index (Phi) is 2.72. The van der Waals surface area contributed by atoms with Gasteiger partial charge in [0.25, 0.3) is 0 Å². The Morgan fingerprint density at radius 2 is 2.00 bits per heavy atom. The Bertz CT molecular complexity index is 732. The minimum atomic E-state index is -0.895. The second kappa shape index (κ2) is 4.53. The number of hydrogen-bond acceptors (Lipinski definition) is 4. The number of aliphatic carboxylic acids is 1. The van der Waals surface area contributed by atoms with Gasteiger partial charge in [0, 0.05) is 23.3 Å². The first-order chi connectivity index (χ1) is 9.24. The van der Waals surface area contributed by atoms with Gasteiger partial charge in [-0.15, -0.1) is 0 Å². The summed E-state index contributed by atoms with van der Waals surface area (Å²) in [5.41, 5.74) is 2.22. The van der Waals surface area contributed by atoms with E-state index in [9.17, 15) is 4.79 Å². The van der Waals surface area contributed by atoms with Crippen LogP contribution in [0, 0.1) is 0 Å². The molecular weight excluding hydrogens is 244 g/mol. The molecule has 0 saturated heterocycles. The predicted octanol–water partition coefficient (Wildman–Crippen LogP) is 2.52. The van der Waals surface area contributed by atoms with E-state index in [-0.39, 0.29) is 6.42 Å². The minimum absolute atomic E-state index is 0.0732. The number of benzene rings is 1. The van der Waals surface area contributed by atoms with Gasteiger partial charge in [-0.25, -0.2) is 9.97 Å². The van der Waals surface area contributed by atoms with Crippen molar-refractivity contribution in [2.45, 2.75) is 6.42 Å². The monoisotopic (exact) mass is 254 g/mol. The summed E-state index contributed by atoms with van der Waals surface area (Å²) < 4.78 is 5.32. The molecule has 0 unspecified atom stereocenters. The molecule has 3 rings (SSSR count). The first-order valence-electron chi connectivity index (χ1n) is 5.73. The zero-order valence-corrected chi connectivity index (χ0v) is 9.91. The highest BCUT2D eigenvalue weighted by Gasteiger charge is 2.08. The molecule has 94 valence electrons. The predicted molar refractivity (Wildman–Crippen MR) is 68.6 cm³/mol. The fraction of sp³-hybridized carbons (Fsp3) is 0.0714. The lowest BCUT2D eigenvalue weighted by atomic mass is 10.1. The summed E-state index contributed by atoms with van der Waals surface area (Å²) in [7, 11) is 0. The number of nitrogens with zero attached hydrogens (tertiary/aromatic N) is 2. The fourth-order valence-corrected chi connectivity index (χ4v) is 1.95. The average Bonchev–Trinajstić information content (AvgIpc) is 2.87. The molecule has 3 aromatic rings. The number of hydrogen-bond donors (Lipinski definition) is 1. The van der Waals surface area contributed by atoms with Crippen LogP contribution in [0.2, 0.25) is 0 Å². The van der Waals surface area contributed by atoms with Crippen LogP contribution < -0.4 is 0 Å². The molecule has 1 N–H and O–H groups in total. The van der Waals surface area contributed by atoms with Crippen molar-refractivity contribution in [3.63, 3.8) is 0 Å². The number of rotatable bonds is 3. The molecule has 2 heterocycles. The van der Waals surface area contributed by atoms with Crippen LogP contribution in [-0.4, -0.2) is 21.0 Å². The number of carboxylic acid groups (broad SMARTS) is 1. The number of fused-ring (bicyclic) bond motifs is 1. The van der Waals surface area contributed by atoms with E-state index in [0.29, 0.717) is 11.4 Å². The van der Waals surface area contributed by atoms with E-state index in [1.165, 1.54) is 12.4 Å². The zero-order chi connectivity index (χ0) is 13.2. The molecule has 0 aliphatic heterocycles. The number of aromatic nitrogens is 2. The van der Waals surface area contributed by atoms with E-state index in [1.807, 2.05) is 24.3 Å². The first-order valence-corrected chi connectivity index (χ1v) is 5.73. The van der Waals surface area contributed by atoms with E-state index in [2.05, 4.69) is 9.97 Å². The Balaban J connectivity index is 2.02. The minimum Gasteiger partial charge on any atom is -0.481 e. The molecule has 2 aromatic heterocycles. The van der Waals surface area contributed by atoms with E-state index >= 15 is 0 Å². The van der Waals surface area contributed by atoms with Crippen LogP contribution in [0.25, 0.3) is 22.4 Å². The van der Waals surface area contributed by atoms with Crippen LogP contribution in [0.5, 0.6) is 0 Å². The van der Waals surface area contributed by atoms with E-state index in [0.717, 1.165) is 16.5 Å². The summed E-state index contributed by atoms with van der Waals surface area (Å²) in [6.07, 6.45) is 4.62. The highest BCUT2D eigenvalue weighted by Crippen LogP contribution is 2.26. The van der Waals surface area contributed by atoms with E-state index < -0.39 is 5.97 Å². The van der Waals surface area contributed by atoms with Gasteiger partial charge in [0.05, 0.1) is 12.7 Å². The standard InChI is InChI=1S/C14H10N2O3/c17-13(18)6-9-7-15-14(16-8-9)11-2-1-3-12-10(11)4-5-19-12/h1-5,7-8H,6H2,(H,17,18). The van der Waals surface area contributed by atoms with Gasteiger partial charge in [-0.2, -0.15) is 0 Å². The summed E-state index contributed by atoms with van der Waals surface area (Å²) in [4.78, 5) is 19.0. The molecule has 0 aliphatic rings. The van der Waals surface area contributed by atoms with Crippen LogP contribution in [0.4, 0.5) is 0 Å². The molecule has 0 amide bonds. The van der Waals surface area contributed by atoms with Gasteiger partial charge in [-0.1, -0.05) is 12.1 Å². The summed E-state index contributed by atoms with van der Waals surface area (Å²) in [5, 5.41) is 9.64. The van der Waals surface area contributed by atoms with Crippen molar-refractivity contribution < 1.29 is 14.3 Å². The summed E-state index contributed by atoms with van der Waals surface area (Å²) >= 11 is 0. The number of carbonyl (C=O) groups is 1. The number of furan rings is 1. The third kappa shape index (κ3) is 2.18. The molecular formula is C14H10N2O3. The molecule has 0 saturated carbocycles. The van der Waals surface area contributed by atoms with Crippen molar-refractivity contribution >= 4 is 16.9 Å². The van der Waals surface area contributed by atoms with Crippen molar-refractivity contribution in [1.82, 2.24) is 9.97 Å². The largest absolute Gasteiger partial charge is 0.481 e. The van der Waals surface area contributed by atoms with E-state index in [4.69, 9.17) is 9.52 Å². The Morgan fingerprint density at radius 1 is 1.21 bits per heavy atom. The van der Waals surface area contributed by atoms with Crippen molar-refractivity contribution in [1.29, 1.82) is 0 Å². The molecule has 0 spiro atoms. The van der Waals surface area contributed by atoms with Gasteiger partial charge >= 0.3 is 5.97 Å². The summed E-state index contributed by atoms with van der Waals surface area (Å²) in [6.45, 7) is 0. The lowest BCUT2D eigenvalue weighted by Crippen LogP contribution is -2.01. The Hall–Kier alpha value is -2.69. The van der Waals surface area contributed by atoms with Crippen LogP contribution in [0.1, 0.15) is 5.56 Å². The molecule has 0 radical (unpaired) electrons. The second-order valence-corrected chi connectivity index (χ2v) is 4.12. The van der Waals surface area contributed by atoms with Crippen molar-refractivity contribution in [2.75, 3.05) is 0 Å². The molecule has 19 heavy (non-hydrogen) atoms. The summed E-state index contributed by atoms with van der Waals surface area (Å²) in [6, 6.07) is 7.51. The first kappa shape index (κ1) is 11.4. The van der Waals surface area contributed by atoms with Gasteiger partial charge in [-0.3, -0.25) is 4.79 Å². The zero-order valence-electron chi connectivity index (χ0n) is 9.91. The molecule has 0 bridgehead atoms. The lowest BCUT2D eigenvalue weighted by molar-refractivity contribution is -0.136. The third-order valence-corrected chi connectivity index (χ3v) is 2.80. The maximum atomic E-state index is 10.6. The van der Waals surface area contributed by atoms with Crippen LogP contribution in [0.15, 0.2) is 47.3 Å².